The van der Waals surface area contributed by atoms with Crippen LogP contribution in [0.3, 0.4) is 0 Å². The zero-order chi connectivity index (χ0) is 11.8. The van der Waals surface area contributed by atoms with Crippen molar-refractivity contribution in [1.29, 1.82) is 0 Å². The van der Waals surface area contributed by atoms with Gasteiger partial charge in [0.2, 0.25) is 0 Å². The molecular weight excluding hydrogens is 221 g/mol. The van der Waals surface area contributed by atoms with E-state index in [0.717, 1.165) is 32.1 Å². The van der Waals surface area contributed by atoms with Gasteiger partial charge < -0.3 is 10.2 Å². The lowest BCUT2D eigenvalue weighted by molar-refractivity contribution is 0.0618. The average molecular weight is 235 g/mol. The van der Waals surface area contributed by atoms with Crippen molar-refractivity contribution in [2.75, 3.05) is 13.1 Å². The molecule has 1 N–H and O–H groups in total. The maximum atomic E-state index is 13.1. The van der Waals surface area contributed by atoms with Crippen LogP contribution in [0, 0.1) is 5.82 Å². The minimum absolute atomic E-state index is 0.0917. The largest absolute Gasteiger partial charge is 0.330 e. The van der Waals surface area contributed by atoms with Gasteiger partial charge in [-0.1, -0.05) is 0 Å². The summed E-state index contributed by atoms with van der Waals surface area (Å²) in [5.74, 6) is -0.552. The molecule has 17 heavy (non-hydrogen) atoms. The van der Waals surface area contributed by atoms with Crippen molar-refractivity contribution in [3.63, 3.8) is 0 Å². The molecule has 1 aromatic rings. The zero-order valence-electron chi connectivity index (χ0n) is 9.40. The highest BCUT2D eigenvalue weighted by molar-refractivity contribution is 5.94. The van der Waals surface area contributed by atoms with Gasteiger partial charge in [-0.15, -0.1) is 0 Å². The molecule has 0 aliphatic carbocycles. The van der Waals surface area contributed by atoms with Gasteiger partial charge in [0, 0.05) is 31.4 Å². The molecule has 2 saturated heterocycles. The number of amides is 1. The summed E-state index contributed by atoms with van der Waals surface area (Å²) in [6.07, 6.45) is 4.62. The van der Waals surface area contributed by atoms with Gasteiger partial charge in [-0.3, -0.25) is 9.78 Å². The predicted octanol–water partition coefficient (Wildman–Crippen LogP) is 0.797. The van der Waals surface area contributed by atoms with Gasteiger partial charge >= 0.3 is 0 Å². The van der Waals surface area contributed by atoms with Crippen LogP contribution in [0.2, 0.25) is 0 Å². The molecule has 0 spiro atoms. The third-order valence-electron chi connectivity index (χ3n) is 3.57. The Balaban J connectivity index is 1.87. The highest BCUT2D eigenvalue weighted by Gasteiger charge is 2.39. The van der Waals surface area contributed by atoms with E-state index in [0.29, 0.717) is 5.56 Å². The highest BCUT2D eigenvalue weighted by Crippen LogP contribution is 2.28. The number of aromatic nitrogens is 1. The van der Waals surface area contributed by atoms with E-state index < -0.39 is 5.82 Å². The Morgan fingerprint density at radius 2 is 2.06 bits per heavy atom. The number of hydrogen-bond acceptors (Lipinski definition) is 3. The van der Waals surface area contributed by atoms with Gasteiger partial charge in [0.15, 0.2) is 0 Å². The molecule has 2 bridgehead atoms. The first-order chi connectivity index (χ1) is 8.25. The summed E-state index contributed by atoms with van der Waals surface area (Å²) in [4.78, 5) is 17.9. The molecule has 5 heteroatoms. The van der Waals surface area contributed by atoms with Gasteiger partial charge in [0.1, 0.15) is 5.82 Å². The van der Waals surface area contributed by atoms with Crippen LogP contribution < -0.4 is 5.32 Å². The minimum Gasteiger partial charge on any atom is -0.330 e. The molecule has 0 radical (unpaired) electrons. The second-order valence-corrected chi connectivity index (χ2v) is 4.65. The summed E-state index contributed by atoms with van der Waals surface area (Å²) < 4.78 is 13.1. The topological polar surface area (TPSA) is 45.2 Å². The smallest absolute Gasteiger partial charge is 0.256 e. The fourth-order valence-corrected chi connectivity index (χ4v) is 2.79. The van der Waals surface area contributed by atoms with E-state index in [4.69, 9.17) is 0 Å². The zero-order valence-corrected chi connectivity index (χ0v) is 9.40. The molecule has 1 aromatic heterocycles. The van der Waals surface area contributed by atoms with E-state index in [9.17, 15) is 9.18 Å². The molecule has 2 atom stereocenters. The average Bonchev–Trinajstić information content (AvgIpc) is 2.58. The van der Waals surface area contributed by atoms with E-state index >= 15 is 0 Å². The van der Waals surface area contributed by atoms with E-state index in [2.05, 4.69) is 10.3 Å². The van der Waals surface area contributed by atoms with Crippen molar-refractivity contribution < 1.29 is 9.18 Å². The minimum atomic E-state index is -0.460. The lowest BCUT2D eigenvalue weighted by atomic mass is 10.1. The number of carbonyl (C=O) groups excluding carboxylic acids is 1. The van der Waals surface area contributed by atoms with Gasteiger partial charge in [-0.05, 0) is 18.9 Å². The SMILES string of the molecule is O=C(c1cncc(F)c1)N1C2CCC1CNC2. The molecule has 2 aliphatic rings. The molecule has 2 aliphatic heterocycles. The lowest BCUT2D eigenvalue weighted by Gasteiger charge is -2.35. The molecule has 4 nitrogen and oxygen atoms in total. The number of fused-ring (bicyclic) bond motifs is 2. The molecule has 3 heterocycles. The van der Waals surface area contributed by atoms with Crippen LogP contribution in [0.4, 0.5) is 4.39 Å². The summed E-state index contributed by atoms with van der Waals surface area (Å²) >= 11 is 0. The number of nitrogens with zero attached hydrogens (tertiary/aromatic N) is 2. The van der Waals surface area contributed by atoms with E-state index in [-0.39, 0.29) is 18.0 Å². The van der Waals surface area contributed by atoms with Crippen LogP contribution in [-0.2, 0) is 0 Å². The first kappa shape index (κ1) is 10.7. The fourth-order valence-electron chi connectivity index (χ4n) is 2.79. The summed E-state index contributed by atoms with van der Waals surface area (Å²) in [5, 5.41) is 3.31. The third kappa shape index (κ3) is 1.80. The summed E-state index contributed by atoms with van der Waals surface area (Å²) in [6.45, 7) is 1.68. The van der Waals surface area contributed by atoms with Crippen LogP contribution in [-0.4, -0.2) is 41.0 Å². The molecule has 0 aromatic carbocycles. The molecule has 2 unspecified atom stereocenters. The van der Waals surface area contributed by atoms with Gasteiger partial charge in [-0.2, -0.15) is 0 Å². The monoisotopic (exact) mass is 235 g/mol. The summed E-state index contributed by atoms with van der Waals surface area (Å²) in [7, 11) is 0. The van der Waals surface area contributed by atoms with Crippen molar-refractivity contribution in [1.82, 2.24) is 15.2 Å². The van der Waals surface area contributed by atoms with Crippen LogP contribution in [0.15, 0.2) is 18.5 Å². The molecule has 3 rings (SSSR count). The van der Waals surface area contributed by atoms with Crippen LogP contribution in [0.5, 0.6) is 0 Å². The predicted molar refractivity (Wildman–Crippen MR) is 60.0 cm³/mol. The highest BCUT2D eigenvalue weighted by atomic mass is 19.1. The summed E-state index contributed by atoms with van der Waals surface area (Å²) in [6, 6.07) is 1.77. The Bertz CT molecular complexity index is 435. The van der Waals surface area contributed by atoms with E-state index in [1.807, 2.05) is 4.90 Å². The maximum absolute atomic E-state index is 13.1. The Morgan fingerprint density at radius 1 is 1.35 bits per heavy atom. The number of nitrogens with one attached hydrogen (secondary N) is 1. The maximum Gasteiger partial charge on any atom is 0.256 e. The van der Waals surface area contributed by atoms with Crippen molar-refractivity contribution in [2.24, 2.45) is 0 Å². The fraction of sp³-hybridized carbons (Fsp3) is 0.500. The Kier molecular flexibility index (Phi) is 2.55. The Morgan fingerprint density at radius 3 is 2.71 bits per heavy atom. The molecule has 0 saturated carbocycles. The van der Waals surface area contributed by atoms with Crippen molar-refractivity contribution in [2.45, 2.75) is 24.9 Å². The number of piperazine rings is 1. The number of rotatable bonds is 1. The summed E-state index contributed by atoms with van der Waals surface area (Å²) in [5.41, 5.74) is 0.351. The first-order valence-corrected chi connectivity index (χ1v) is 5.89. The van der Waals surface area contributed by atoms with Crippen LogP contribution >= 0.6 is 0 Å². The van der Waals surface area contributed by atoms with Crippen molar-refractivity contribution >= 4 is 5.91 Å². The Labute approximate surface area is 98.8 Å². The first-order valence-electron chi connectivity index (χ1n) is 5.89. The van der Waals surface area contributed by atoms with Crippen molar-refractivity contribution in [3.8, 4) is 0 Å². The van der Waals surface area contributed by atoms with Crippen molar-refractivity contribution in [3.05, 3.63) is 29.8 Å². The standard InChI is InChI=1S/C12H14FN3O/c13-9-3-8(4-14-5-9)12(17)16-10-1-2-11(16)7-15-6-10/h3-5,10-11,15H,1-2,6-7H2. The number of halogens is 1. The molecular formula is C12H14FN3O. The van der Waals surface area contributed by atoms with Gasteiger partial charge in [0.05, 0.1) is 11.8 Å². The molecule has 1 amide bonds. The van der Waals surface area contributed by atoms with E-state index in [1.165, 1.54) is 12.3 Å². The third-order valence-corrected chi connectivity index (χ3v) is 3.57. The molecule has 2 fully saturated rings. The Hall–Kier alpha value is -1.49. The second-order valence-electron chi connectivity index (χ2n) is 4.65. The quantitative estimate of drug-likeness (QED) is 0.783. The van der Waals surface area contributed by atoms with E-state index in [1.54, 1.807) is 0 Å². The number of pyridine rings is 1. The molecule has 90 valence electrons. The second kappa shape index (κ2) is 4.07. The lowest BCUT2D eigenvalue weighted by Crippen LogP contribution is -2.54. The number of carbonyl (C=O) groups is 1. The normalized spacial score (nSPS) is 27.2. The van der Waals surface area contributed by atoms with Crippen LogP contribution in [0.25, 0.3) is 0 Å². The van der Waals surface area contributed by atoms with Gasteiger partial charge in [-0.25, -0.2) is 4.39 Å². The number of hydrogen-bond donors (Lipinski definition) is 1. The van der Waals surface area contributed by atoms with Crippen LogP contribution in [0.1, 0.15) is 23.2 Å². The van der Waals surface area contributed by atoms with Gasteiger partial charge in [0.25, 0.3) is 5.91 Å².